The van der Waals surface area contributed by atoms with Gasteiger partial charge in [-0.1, -0.05) is 0 Å². The number of carbonyl (C=O) groups is 2. The number of hydrogen-bond acceptors (Lipinski definition) is 4. The van der Waals surface area contributed by atoms with Crippen LogP contribution in [0.2, 0.25) is 0 Å². The van der Waals surface area contributed by atoms with E-state index < -0.39 is 11.3 Å². The van der Waals surface area contributed by atoms with Gasteiger partial charge in [0.2, 0.25) is 11.3 Å². The molecule has 1 atom stereocenters. The second-order valence-electron chi connectivity index (χ2n) is 4.69. The zero-order chi connectivity index (χ0) is 14.0. The molecule has 1 aliphatic rings. The molecular weight excluding hydrogens is 248 g/mol. The zero-order valence-corrected chi connectivity index (χ0v) is 10.9. The maximum absolute atomic E-state index is 11.9. The predicted octanol–water partition coefficient (Wildman–Crippen LogP) is -0.571. The number of H-pyrrole nitrogens is 1. The lowest BCUT2D eigenvalue weighted by Crippen LogP contribution is -2.40. The van der Waals surface area contributed by atoms with E-state index in [1.807, 2.05) is 0 Å². The van der Waals surface area contributed by atoms with Crippen LogP contribution >= 0.6 is 0 Å². The van der Waals surface area contributed by atoms with Crippen LogP contribution in [0.25, 0.3) is 0 Å². The highest BCUT2D eigenvalue weighted by molar-refractivity contribution is 5.92. The smallest absolute Gasteiger partial charge is 0.276 e. The van der Waals surface area contributed by atoms with Crippen molar-refractivity contribution >= 4 is 11.8 Å². The summed E-state index contributed by atoms with van der Waals surface area (Å²) in [5, 5.41) is 9.07. The minimum atomic E-state index is -0.503. The van der Waals surface area contributed by atoms with Gasteiger partial charge in [-0.15, -0.1) is 0 Å². The zero-order valence-electron chi connectivity index (χ0n) is 10.9. The van der Waals surface area contributed by atoms with E-state index in [0.29, 0.717) is 25.2 Å². The molecule has 0 aromatic carbocycles. The third-order valence-corrected chi connectivity index (χ3v) is 3.11. The average Bonchev–Trinajstić information content (AvgIpc) is 2.77. The Labute approximate surface area is 110 Å². The third kappa shape index (κ3) is 2.98. The van der Waals surface area contributed by atoms with E-state index in [1.165, 1.54) is 13.0 Å². The Hall–Kier alpha value is -2.18. The van der Waals surface area contributed by atoms with E-state index in [1.54, 1.807) is 11.8 Å². The number of likely N-dealkylation sites (tertiary alicyclic amines) is 1. The monoisotopic (exact) mass is 264 g/mol. The summed E-state index contributed by atoms with van der Waals surface area (Å²) in [6, 6.07) is 1.21. The highest BCUT2D eigenvalue weighted by Gasteiger charge is 2.26. The van der Waals surface area contributed by atoms with Gasteiger partial charge in [0.1, 0.15) is 0 Å². The lowest BCUT2D eigenvalue weighted by atomic mass is 10.2. The highest BCUT2D eigenvalue weighted by Crippen LogP contribution is 2.09. The Morgan fingerprint density at radius 2 is 2.26 bits per heavy atom. The molecule has 2 amide bonds. The van der Waals surface area contributed by atoms with Crippen molar-refractivity contribution in [2.24, 2.45) is 0 Å². The van der Waals surface area contributed by atoms with Gasteiger partial charge in [0.25, 0.3) is 5.91 Å². The molecule has 1 aromatic rings. The Bertz CT molecular complexity index is 566. The lowest BCUT2D eigenvalue weighted by Gasteiger charge is -2.14. The fourth-order valence-electron chi connectivity index (χ4n) is 2.08. The van der Waals surface area contributed by atoms with Crippen molar-refractivity contribution in [2.75, 3.05) is 13.1 Å². The molecule has 7 nitrogen and oxygen atoms in total. The van der Waals surface area contributed by atoms with Crippen molar-refractivity contribution in [1.29, 1.82) is 0 Å². The van der Waals surface area contributed by atoms with Crippen LogP contribution in [0.5, 0.6) is 0 Å². The van der Waals surface area contributed by atoms with Crippen LogP contribution < -0.4 is 10.7 Å². The van der Waals surface area contributed by atoms with Crippen LogP contribution in [0.3, 0.4) is 0 Å². The van der Waals surface area contributed by atoms with Crippen LogP contribution in [0.1, 0.15) is 29.5 Å². The van der Waals surface area contributed by atoms with E-state index in [9.17, 15) is 14.4 Å². The fraction of sp³-hybridized carbons (Fsp3) is 0.500. The minimum absolute atomic E-state index is 0.0111. The van der Waals surface area contributed by atoms with Crippen LogP contribution in [0.4, 0.5) is 0 Å². The molecule has 0 saturated carbocycles. The predicted molar refractivity (Wildman–Crippen MR) is 67.7 cm³/mol. The lowest BCUT2D eigenvalue weighted by molar-refractivity contribution is -0.127. The topological polar surface area (TPSA) is 95.2 Å². The first-order valence-corrected chi connectivity index (χ1v) is 6.10. The fourth-order valence-corrected chi connectivity index (χ4v) is 2.08. The molecule has 102 valence electrons. The molecule has 2 rings (SSSR count). The highest BCUT2D eigenvalue weighted by atomic mass is 16.2. The molecule has 0 bridgehead atoms. The van der Waals surface area contributed by atoms with Gasteiger partial charge in [0.05, 0.1) is 0 Å². The number of hydrogen-bond donors (Lipinski definition) is 2. The van der Waals surface area contributed by atoms with Gasteiger partial charge in [-0.25, -0.2) is 0 Å². The molecule has 2 N–H and O–H groups in total. The largest absolute Gasteiger partial charge is 0.346 e. The number of amides is 2. The molecule has 1 aromatic heterocycles. The van der Waals surface area contributed by atoms with Crippen molar-refractivity contribution in [3.05, 3.63) is 27.7 Å². The molecule has 0 radical (unpaired) electrons. The van der Waals surface area contributed by atoms with Gasteiger partial charge in [-0.2, -0.15) is 5.10 Å². The number of nitrogens with one attached hydrogen (secondary N) is 2. The van der Waals surface area contributed by atoms with Gasteiger partial charge in [0.15, 0.2) is 5.69 Å². The van der Waals surface area contributed by atoms with Gasteiger partial charge in [-0.05, 0) is 13.3 Å². The Morgan fingerprint density at radius 1 is 1.53 bits per heavy atom. The summed E-state index contributed by atoms with van der Waals surface area (Å²) in [4.78, 5) is 36.4. The molecule has 0 unspecified atom stereocenters. The quantitative estimate of drug-likeness (QED) is 0.747. The standard InChI is InChI=1S/C12H16N4O3/c1-7-5-10(18)11(15-14-7)12(19)13-9-3-4-16(6-9)8(2)17/h5,9H,3-4,6H2,1-2H3,(H,13,19)(H,14,18)/t9-/m1/s1. The van der Waals surface area contributed by atoms with Crippen molar-refractivity contribution in [3.8, 4) is 0 Å². The van der Waals surface area contributed by atoms with Crippen molar-refractivity contribution in [1.82, 2.24) is 20.4 Å². The van der Waals surface area contributed by atoms with E-state index >= 15 is 0 Å². The second kappa shape index (κ2) is 5.21. The third-order valence-electron chi connectivity index (χ3n) is 3.11. The average molecular weight is 264 g/mol. The molecule has 2 heterocycles. The number of aromatic amines is 1. The van der Waals surface area contributed by atoms with Crippen LogP contribution in [0, 0.1) is 6.92 Å². The molecule has 19 heavy (non-hydrogen) atoms. The van der Waals surface area contributed by atoms with Gasteiger partial charge < -0.3 is 10.2 Å². The van der Waals surface area contributed by atoms with Gasteiger partial charge in [-0.3, -0.25) is 19.5 Å². The summed E-state index contributed by atoms with van der Waals surface area (Å²) in [5.41, 5.74) is 0.0483. The summed E-state index contributed by atoms with van der Waals surface area (Å²) in [7, 11) is 0. The van der Waals surface area contributed by atoms with E-state index in [2.05, 4.69) is 15.5 Å². The first-order valence-electron chi connectivity index (χ1n) is 6.10. The molecule has 7 heteroatoms. The van der Waals surface area contributed by atoms with Gasteiger partial charge in [0, 0.05) is 37.8 Å². The number of rotatable bonds is 2. The van der Waals surface area contributed by atoms with Crippen LogP contribution in [0.15, 0.2) is 10.9 Å². The number of aryl methyl sites for hydroxylation is 1. The molecule has 0 aliphatic carbocycles. The molecule has 0 spiro atoms. The van der Waals surface area contributed by atoms with Crippen molar-refractivity contribution in [2.45, 2.75) is 26.3 Å². The molecule has 1 aliphatic heterocycles. The van der Waals surface area contributed by atoms with E-state index in [-0.39, 0.29) is 17.6 Å². The summed E-state index contributed by atoms with van der Waals surface area (Å²) in [6.07, 6.45) is 0.690. The van der Waals surface area contributed by atoms with Crippen molar-refractivity contribution < 1.29 is 9.59 Å². The van der Waals surface area contributed by atoms with Crippen LogP contribution in [-0.2, 0) is 4.79 Å². The van der Waals surface area contributed by atoms with E-state index in [4.69, 9.17) is 0 Å². The summed E-state index contributed by atoms with van der Waals surface area (Å²) in [5.74, 6) is -0.514. The van der Waals surface area contributed by atoms with Crippen molar-refractivity contribution in [3.63, 3.8) is 0 Å². The summed E-state index contributed by atoms with van der Waals surface area (Å²) in [6.45, 7) is 4.29. The SMILES string of the molecule is CC(=O)N1CC[C@@H](NC(=O)c2n[nH]c(C)cc2=O)C1. The number of carbonyl (C=O) groups excluding carboxylic acids is 2. The maximum Gasteiger partial charge on any atom is 0.276 e. The Balaban J connectivity index is 2.02. The summed E-state index contributed by atoms with van der Waals surface area (Å²) < 4.78 is 0. The first-order chi connectivity index (χ1) is 8.97. The minimum Gasteiger partial charge on any atom is -0.346 e. The van der Waals surface area contributed by atoms with Gasteiger partial charge >= 0.3 is 0 Å². The second-order valence-corrected chi connectivity index (χ2v) is 4.69. The number of nitrogens with zero attached hydrogens (tertiary/aromatic N) is 2. The summed E-state index contributed by atoms with van der Waals surface area (Å²) >= 11 is 0. The van der Waals surface area contributed by atoms with E-state index in [0.717, 1.165) is 0 Å². The number of aromatic nitrogens is 2. The molecular formula is C12H16N4O3. The normalized spacial score (nSPS) is 18.4. The maximum atomic E-state index is 11.9. The molecule has 1 saturated heterocycles. The molecule has 1 fully saturated rings. The Morgan fingerprint density at radius 3 is 2.84 bits per heavy atom. The van der Waals surface area contributed by atoms with Crippen LogP contribution in [-0.4, -0.2) is 46.0 Å². The first kappa shape index (κ1) is 13.3. The Kier molecular flexibility index (Phi) is 3.64.